The molecule has 0 radical (unpaired) electrons. The molecule has 1 N–H and O–H groups in total. The second-order valence-electron chi connectivity index (χ2n) is 11.5. The second kappa shape index (κ2) is 10.9. The number of aryl methyl sites for hydroxylation is 2. The van der Waals surface area contributed by atoms with Crippen LogP contribution < -0.4 is 4.90 Å². The van der Waals surface area contributed by atoms with E-state index in [1.165, 1.54) is 0 Å². The zero-order chi connectivity index (χ0) is 28.7. The number of aliphatic hydroxyl groups is 1. The van der Waals surface area contributed by atoms with Gasteiger partial charge in [-0.2, -0.15) is 0 Å². The zero-order valence-electron chi connectivity index (χ0n) is 23.6. The lowest BCUT2D eigenvalue weighted by Gasteiger charge is -2.36. The molecule has 1 spiro atoms. The zero-order valence-corrected chi connectivity index (χ0v) is 23.6. The summed E-state index contributed by atoms with van der Waals surface area (Å²) in [5, 5.41) is 9.45. The lowest BCUT2D eigenvalue weighted by molar-refractivity contribution is -0.144. The van der Waals surface area contributed by atoms with Gasteiger partial charge < -0.3 is 24.5 Å². The highest BCUT2D eigenvalue weighted by Crippen LogP contribution is 2.54. The van der Waals surface area contributed by atoms with Crippen LogP contribution in [0.15, 0.2) is 72.8 Å². The predicted molar refractivity (Wildman–Crippen MR) is 155 cm³/mol. The Kier molecular flexibility index (Phi) is 7.30. The molecule has 4 aliphatic heterocycles. The minimum Gasteiger partial charge on any atom is -0.396 e. The normalized spacial score (nSPS) is 29.0. The summed E-state index contributed by atoms with van der Waals surface area (Å²) in [4.78, 5) is 48.2. The van der Waals surface area contributed by atoms with Gasteiger partial charge in [0.1, 0.15) is 11.6 Å². The van der Waals surface area contributed by atoms with Crippen LogP contribution in [0.25, 0.3) is 0 Å². The quantitative estimate of drug-likeness (QED) is 0.419. The smallest absolute Gasteiger partial charge is 0.253 e. The molecule has 0 bridgehead atoms. The Morgan fingerprint density at radius 3 is 2.39 bits per heavy atom. The van der Waals surface area contributed by atoms with Gasteiger partial charge in [0.25, 0.3) is 5.91 Å². The number of amides is 3. The van der Waals surface area contributed by atoms with Crippen LogP contribution in [-0.4, -0.2) is 76.6 Å². The fourth-order valence-electron chi connectivity index (χ4n) is 7.20. The highest BCUT2D eigenvalue weighted by atomic mass is 16.5. The van der Waals surface area contributed by atoms with Gasteiger partial charge in [0.15, 0.2) is 0 Å². The van der Waals surface area contributed by atoms with E-state index < -0.39 is 29.6 Å². The number of ether oxygens (including phenoxy) is 1. The fraction of sp³-hybridized carbons (Fsp3) is 0.424. The first-order valence-corrected chi connectivity index (χ1v) is 14.5. The molecule has 2 fully saturated rings. The van der Waals surface area contributed by atoms with Gasteiger partial charge in [-0.3, -0.25) is 14.4 Å². The summed E-state index contributed by atoms with van der Waals surface area (Å²) >= 11 is 0. The van der Waals surface area contributed by atoms with E-state index in [-0.39, 0.29) is 24.3 Å². The van der Waals surface area contributed by atoms with Crippen LogP contribution in [0.3, 0.4) is 0 Å². The van der Waals surface area contributed by atoms with E-state index in [0.29, 0.717) is 39.0 Å². The third kappa shape index (κ3) is 4.50. The molecule has 41 heavy (non-hydrogen) atoms. The van der Waals surface area contributed by atoms with E-state index in [0.717, 1.165) is 22.4 Å². The van der Waals surface area contributed by atoms with Crippen LogP contribution in [0, 0.1) is 25.7 Å². The van der Waals surface area contributed by atoms with Crippen LogP contribution in [0.2, 0.25) is 0 Å². The Labute approximate surface area is 240 Å². The van der Waals surface area contributed by atoms with Crippen molar-refractivity contribution in [1.29, 1.82) is 0 Å². The minimum atomic E-state index is -1.26. The van der Waals surface area contributed by atoms with Gasteiger partial charge in [-0.25, -0.2) is 0 Å². The Balaban J connectivity index is 1.41. The summed E-state index contributed by atoms with van der Waals surface area (Å²) < 4.78 is 6.75. The molecular formula is C33H37N3O5. The molecule has 3 amide bonds. The minimum absolute atomic E-state index is 0.00255. The van der Waals surface area contributed by atoms with Crippen molar-refractivity contribution >= 4 is 23.4 Å². The number of likely N-dealkylation sites (tertiary alicyclic amines) is 1. The molecule has 2 aromatic rings. The average Bonchev–Trinajstić information content (AvgIpc) is 3.27. The number of carbonyl (C=O) groups excluding carboxylic acids is 3. The van der Waals surface area contributed by atoms with Gasteiger partial charge in [-0.15, -0.1) is 0 Å². The van der Waals surface area contributed by atoms with Gasteiger partial charge in [0.2, 0.25) is 11.8 Å². The average molecular weight is 556 g/mol. The lowest BCUT2D eigenvalue weighted by Crippen LogP contribution is -2.55. The molecule has 4 heterocycles. The number of para-hydroxylation sites is 1. The second-order valence-corrected chi connectivity index (χ2v) is 11.5. The molecule has 4 aliphatic rings. The van der Waals surface area contributed by atoms with Crippen molar-refractivity contribution in [2.75, 3.05) is 31.1 Å². The Bertz CT molecular complexity index is 1380. The molecule has 6 rings (SSSR count). The molecule has 8 nitrogen and oxygen atoms in total. The molecule has 0 aromatic heterocycles. The Morgan fingerprint density at radius 1 is 0.902 bits per heavy atom. The molecule has 8 heteroatoms. The van der Waals surface area contributed by atoms with Gasteiger partial charge in [0, 0.05) is 38.5 Å². The number of unbranched alkanes of at least 4 members (excludes halogenated alkanes) is 1. The lowest BCUT2D eigenvalue weighted by atomic mass is 9.77. The highest BCUT2D eigenvalue weighted by Gasteiger charge is 2.71. The van der Waals surface area contributed by atoms with Crippen molar-refractivity contribution in [2.24, 2.45) is 11.8 Å². The van der Waals surface area contributed by atoms with Crippen LogP contribution in [0.5, 0.6) is 0 Å². The van der Waals surface area contributed by atoms with Gasteiger partial charge in [-0.1, -0.05) is 72.8 Å². The van der Waals surface area contributed by atoms with Crippen LogP contribution in [0.4, 0.5) is 5.69 Å². The van der Waals surface area contributed by atoms with Crippen molar-refractivity contribution < 1.29 is 24.2 Å². The number of hydrogen-bond acceptors (Lipinski definition) is 5. The third-order valence-corrected chi connectivity index (χ3v) is 8.97. The van der Waals surface area contributed by atoms with E-state index in [1.807, 2.05) is 86.7 Å². The highest BCUT2D eigenvalue weighted by molar-refractivity contribution is 6.06. The van der Waals surface area contributed by atoms with Gasteiger partial charge in [-0.05, 0) is 43.4 Å². The maximum Gasteiger partial charge on any atom is 0.253 e. The van der Waals surface area contributed by atoms with E-state index >= 15 is 0 Å². The first-order chi connectivity index (χ1) is 19.9. The summed E-state index contributed by atoms with van der Waals surface area (Å²) in [6, 6.07) is 14.8. The third-order valence-electron chi connectivity index (χ3n) is 8.97. The maximum absolute atomic E-state index is 14.6. The van der Waals surface area contributed by atoms with Crippen molar-refractivity contribution in [3.05, 3.63) is 89.5 Å². The molecule has 0 aliphatic carbocycles. The monoisotopic (exact) mass is 555 g/mol. The summed E-state index contributed by atoms with van der Waals surface area (Å²) in [5.41, 5.74) is 2.54. The predicted octanol–water partition coefficient (Wildman–Crippen LogP) is 3.16. The van der Waals surface area contributed by atoms with Crippen molar-refractivity contribution in [3.63, 3.8) is 0 Å². The standard InChI is InChI=1S/C33H37N3O5/c1-22-11-8-12-23(2)28(22)35-19-10-16-33-27(31(39)36(18-6-7-20-37)29(33)32(35)40)26-25(41-33)15-9-17-34(30(26)38)21-24-13-4-3-5-14-24/h3-5,8-16,25-27,29,37H,6-7,17-21H2,1-2H3/t25-,26+,27+,29?,33+/m1/s1. The largest absolute Gasteiger partial charge is 0.396 e. The van der Waals surface area contributed by atoms with E-state index in [1.54, 1.807) is 14.7 Å². The van der Waals surface area contributed by atoms with Crippen molar-refractivity contribution in [1.82, 2.24) is 9.80 Å². The first kappa shape index (κ1) is 27.4. The number of carbonyl (C=O) groups is 3. The van der Waals surface area contributed by atoms with E-state index in [9.17, 15) is 19.5 Å². The Morgan fingerprint density at radius 2 is 1.66 bits per heavy atom. The summed E-state index contributed by atoms with van der Waals surface area (Å²) in [7, 11) is 0. The molecule has 2 saturated heterocycles. The molecule has 1 unspecified atom stereocenters. The molecule has 2 aromatic carbocycles. The molecular weight excluding hydrogens is 518 g/mol. The van der Waals surface area contributed by atoms with Crippen molar-refractivity contribution in [3.8, 4) is 0 Å². The number of aliphatic hydroxyl groups excluding tert-OH is 1. The van der Waals surface area contributed by atoms with E-state index in [4.69, 9.17) is 4.74 Å². The topological polar surface area (TPSA) is 90.4 Å². The molecule has 5 atom stereocenters. The fourth-order valence-corrected chi connectivity index (χ4v) is 7.20. The Hall–Kier alpha value is -3.75. The maximum atomic E-state index is 14.6. The number of fused-ring (bicyclic) bond motifs is 2. The first-order valence-electron chi connectivity index (χ1n) is 14.5. The molecule has 214 valence electrons. The summed E-state index contributed by atoms with van der Waals surface area (Å²) in [6.45, 7) is 5.48. The van der Waals surface area contributed by atoms with Crippen molar-refractivity contribution in [2.45, 2.75) is 51.0 Å². The number of hydrogen-bond donors (Lipinski definition) is 1. The SMILES string of the molecule is Cc1cccc(C)c1N1CC=C[C@]23O[C@@H]4C=CCN(Cc5ccccc5)C(=O)[C@@H]4[C@H]2C(=O)N(CCCCO)C3C1=O. The van der Waals surface area contributed by atoms with Crippen LogP contribution in [-0.2, 0) is 25.7 Å². The molecule has 0 saturated carbocycles. The van der Waals surface area contributed by atoms with Gasteiger partial charge >= 0.3 is 0 Å². The number of benzene rings is 2. The summed E-state index contributed by atoms with van der Waals surface area (Å²) in [6.07, 6.45) is 8.09. The number of anilines is 1. The summed E-state index contributed by atoms with van der Waals surface area (Å²) in [5.74, 6) is -2.13. The van der Waals surface area contributed by atoms with Crippen LogP contribution in [0.1, 0.15) is 29.5 Å². The van der Waals surface area contributed by atoms with E-state index in [2.05, 4.69) is 0 Å². The van der Waals surface area contributed by atoms with Crippen LogP contribution >= 0.6 is 0 Å². The van der Waals surface area contributed by atoms with Gasteiger partial charge in [0.05, 0.1) is 17.9 Å². The number of nitrogens with zero attached hydrogens (tertiary/aromatic N) is 3. The number of rotatable bonds is 7.